The van der Waals surface area contributed by atoms with Crippen molar-refractivity contribution in [2.24, 2.45) is 5.92 Å². The van der Waals surface area contributed by atoms with Crippen molar-refractivity contribution in [3.63, 3.8) is 0 Å². The monoisotopic (exact) mass is 328 g/mol. The van der Waals surface area contributed by atoms with Crippen molar-refractivity contribution in [1.82, 2.24) is 14.9 Å². The molecule has 1 N–H and O–H groups in total. The molecule has 0 aliphatic carbocycles. The predicted molar refractivity (Wildman–Crippen MR) is 93.1 cm³/mol. The molecule has 2 aliphatic heterocycles. The number of nitrogens with zero attached hydrogens (tertiary/aromatic N) is 3. The summed E-state index contributed by atoms with van der Waals surface area (Å²) >= 11 is 0. The van der Waals surface area contributed by atoms with E-state index in [0.29, 0.717) is 12.0 Å². The molecule has 3 heterocycles. The maximum Gasteiger partial charge on any atom is 0.145 e. The van der Waals surface area contributed by atoms with Crippen LogP contribution in [0.25, 0.3) is 11.0 Å². The summed E-state index contributed by atoms with van der Waals surface area (Å²) in [6.45, 7) is 6.22. The highest BCUT2D eigenvalue weighted by Gasteiger charge is 2.31. The third kappa shape index (κ3) is 3.50. The average Bonchev–Trinajstić information content (AvgIpc) is 3.17. The van der Waals surface area contributed by atoms with E-state index in [-0.39, 0.29) is 0 Å². The highest BCUT2D eigenvalue weighted by Crippen LogP contribution is 2.23. The number of para-hydroxylation sites is 2. The molecule has 0 unspecified atom stereocenters. The van der Waals surface area contributed by atoms with Crippen LogP contribution in [0.15, 0.2) is 30.5 Å². The Morgan fingerprint density at radius 1 is 1.12 bits per heavy atom. The summed E-state index contributed by atoms with van der Waals surface area (Å²) < 4.78 is 11.1. The van der Waals surface area contributed by atoms with Gasteiger partial charge in [0.2, 0.25) is 0 Å². The molecule has 0 spiro atoms. The van der Waals surface area contributed by atoms with E-state index in [1.54, 1.807) is 0 Å². The van der Waals surface area contributed by atoms with E-state index in [1.807, 2.05) is 30.5 Å². The fraction of sp³-hybridized carbons (Fsp3) is 0.556. The van der Waals surface area contributed by atoms with Crippen molar-refractivity contribution >= 4 is 16.9 Å². The van der Waals surface area contributed by atoms with Gasteiger partial charge in [-0.25, -0.2) is 4.98 Å². The Kier molecular flexibility index (Phi) is 4.87. The standard InChI is InChI=1S/C18H24N4O2/c1-2-4-16-15(3-1)19-12-18(21-16)20-11-17(14-5-8-24-13-14)22-6-9-23-10-7-22/h1-4,12,14,17H,5-11,13H2,(H,20,21)/t14-,17-/m1/s1. The van der Waals surface area contributed by atoms with E-state index < -0.39 is 0 Å². The Hall–Kier alpha value is -1.76. The molecule has 6 heteroatoms. The number of anilines is 1. The van der Waals surface area contributed by atoms with Gasteiger partial charge in [-0.15, -0.1) is 0 Å². The minimum absolute atomic E-state index is 0.449. The molecule has 0 bridgehead atoms. The molecule has 128 valence electrons. The molecule has 2 saturated heterocycles. The lowest BCUT2D eigenvalue weighted by Gasteiger charge is -2.37. The van der Waals surface area contributed by atoms with Crippen LogP contribution in [-0.2, 0) is 9.47 Å². The SMILES string of the molecule is c1ccc2nc(NC[C@H]([C@@H]3CCOC3)N3CCOCC3)cnc2c1. The molecule has 2 fully saturated rings. The molecule has 0 radical (unpaired) electrons. The first-order chi connectivity index (χ1) is 11.9. The Balaban J connectivity index is 1.46. The Labute approximate surface area is 142 Å². The normalized spacial score (nSPS) is 23.4. The summed E-state index contributed by atoms with van der Waals surface area (Å²) in [5.41, 5.74) is 1.85. The third-order valence-corrected chi connectivity index (χ3v) is 4.96. The molecule has 1 aromatic carbocycles. The zero-order valence-corrected chi connectivity index (χ0v) is 13.9. The summed E-state index contributed by atoms with van der Waals surface area (Å²) in [6, 6.07) is 8.41. The summed E-state index contributed by atoms with van der Waals surface area (Å²) in [5, 5.41) is 3.50. The van der Waals surface area contributed by atoms with Crippen LogP contribution in [0.4, 0.5) is 5.82 Å². The summed E-state index contributed by atoms with van der Waals surface area (Å²) in [7, 11) is 0. The number of ether oxygens (including phenoxy) is 2. The number of benzene rings is 1. The highest BCUT2D eigenvalue weighted by molar-refractivity contribution is 5.75. The Bertz CT molecular complexity index is 669. The molecule has 2 aromatic rings. The molecule has 2 aliphatic rings. The number of aromatic nitrogens is 2. The second-order valence-electron chi connectivity index (χ2n) is 6.46. The fourth-order valence-corrected chi connectivity index (χ4v) is 3.61. The quantitative estimate of drug-likeness (QED) is 0.903. The molecule has 24 heavy (non-hydrogen) atoms. The zero-order chi connectivity index (χ0) is 16.2. The molecule has 0 amide bonds. The van der Waals surface area contributed by atoms with Crippen molar-refractivity contribution in [2.45, 2.75) is 12.5 Å². The molecule has 6 nitrogen and oxygen atoms in total. The molecule has 2 atom stereocenters. The summed E-state index contributed by atoms with van der Waals surface area (Å²) in [5.74, 6) is 1.41. The molecule has 1 aromatic heterocycles. The van der Waals surface area contributed by atoms with Crippen LogP contribution < -0.4 is 5.32 Å². The number of morpholine rings is 1. The Morgan fingerprint density at radius 2 is 1.96 bits per heavy atom. The van der Waals surface area contributed by atoms with Crippen LogP contribution in [0.3, 0.4) is 0 Å². The number of rotatable bonds is 5. The van der Waals surface area contributed by atoms with E-state index in [2.05, 4.69) is 20.2 Å². The van der Waals surface area contributed by atoms with E-state index in [0.717, 1.165) is 69.3 Å². The van der Waals surface area contributed by atoms with E-state index >= 15 is 0 Å². The second-order valence-corrected chi connectivity index (χ2v) is 6.46. The lowest BCUT2D eigenvalue weighted by atomic mass is 9.97. The maximum absolute atomic E-state index is 5.62. The van der Waals surface area contributed by atoms with Gasteiger partial charge < -0.3 is 14.8 Å². The first-order valence-electron chi connectivity index (χ1n) is 8.75. The first kappa shape index (κ1) is 15.7. The lowest BCUT2D eigenvalue weighted by molar-refractivity contribution is 0.00460. The van der Waals surface area contributed by atoms with E-state index in [9.17, 15) is 0 Å². The number of hydrogen-bond acceptors (Lipinski definition) is 6. The minimum Gasteiger partial charge on any atom is -0.381 e. The topological polar surface area (TPSA) is 59.5 Å². The van der Waals surface area contributed by atoms with Gasteiger partial charge in [0.15, 0.2) is 0 Å². The van der Waals surface area contributed by atoms with Gasteiger partial charge in [0.25, 0.3) is 0 Å². The summed E-state index contributed by atoms with van der Waals surface area (Å²) in [6.07, 6.45) is 2.96. The van der Waals surface area contributed by atoms with Gasteiger partial charge in [-0.1, -0.05) is 12.1 Å². The molecular formula is C18H24N4O2. The molecule has 4 rings (SSSR count). The highest BCUT2D eigenvalue weighted by atomic mass is 16.5. The maximum atomic E-state index is 5.62. The van der Waals surface area contributed by atoms with Crippen LogP contribution in [0, 0.1) is 5.92 Å². The largest absolute Gasteiger partial charge is 0.381 e. The van der Waals surface area contributed by atoms with Crippen LogP contribution in [0.1, 0.15) is 6.42 Å². The third-order valence-electron chi connectivity index (χ3n) is 4.96. The average molecular weight is 328 g/mol. The van der Waals surface area contributed by atoms with Crippen LogP contribution >= 0.6 is 0 Å². The van der Waals surface area contributed by atoms with Crippen molar-refractivity contribution in [3.8, 4) is 0 Å². The van der Waals surface area contributed by atoms with Gasteiger partial charge in [0.05, 0.1) is 37.1 Å². The van der Waals surface area contributed by atoms with E-state index in [4.69, 9.17) is 9.47 Å². The van der Waals surface area contributed by atoms with Gasteiger partial charge in [0, 0.05) is 38.2 Å². The fourth-order valence-electron chi connectivity index (χ4n) is 3.61. The lowest BCUT2D eigenvalue weighted by Crippen LogP contribution is -2.50. The second kappa shape index (κ2) is 7.42. The van der Waals surface area contributed by atoms with Gasteiger partial charge in [-0.2, -0.15) is 0 Å². The van der Waals surface area contributed by atoms with Gasteiger partial charge in [-0.05, 0) is 18.6 Å². The van der Waals surface area contributed by atoms with E-state index in [1.165, 1.54) is 0 Å². The van der Waals surface area contributed by atoms with Gasteiger partial charge >= 0.3 is 0 Å². The Morgan fingerprint density at radius 3 is 2.75 bits per heavy atom. The van der Waals surface area contributed by atoms with Crippen molar-refractivity contribution in [2.75, 3.05) is 51.4 Å². The van der Waals surface area contributed by atoms with Gasteiger partial charge in [0.1, 0.15) is 5.82 Å². The number of nitrogens with one attached hydrogen (secondary N) is 1. The van der Waals surface area contributed by atoms with Crippen molar-refractivity contribution in [3.05, 3.63) is 30.5 Å². The number of fused-ring (bicyclic) bond motifs is 1. The first-order valence-corrected chi connectivity index (χ1v) is 8.75. The zero-order valence-electron chi connectivity index (χ0n) is 13.9. The molecule has 0 saturated carbocycles. The minimum atomic E-state index is 0.449. The van der Waals surface area contributed by atoms with Crippen molar-refractivity contribution < 1.29 is 9.47 Å². The predicted octanol–water partition coefficient (Wildman–Crippen LogP) is 1.78. The smallest absolute Gasteiger partial charge is 0.145 e. The van der Waals surface area contributed by atoms with Crippen LogP contribution in [0.5, 0.6) is 0 Å². The summed E-state index contributed by atoms with van der Waals surface area (Å²) in [4.78, 5) is 11.7. The van der Waals surface area contributed by atoms with Crippen LogP contribution in [0.2, 0.25) is 0 Å². The number of hydrogen-bond donors (Lipinski definition) is 1. The van der Waals surface area contributed by atoms with Gasteiger partial charge in [-0.3, -0.25) is 9.88 Å². The van der Waals surface area contributed by atoms with Crippen molar-refractivity contribution in [1.29, 1.82) is 0 Å². The molecular weight excluding hydrogens is 304 g/mol. The van der Waals surface area contributed by atoms with Crippen LogP contribution in [-0.4, -0.2) is 67.0 Å².